The Labute approximate surface area is 70.0 Å². The van der Waals surface area contributed by atoms with Gasteiger partial charge in [0.05, 0.1) is 0 Å². The van der Waals surface area contributed by atoms with E-state index in [0.717, 1.165) is 12.5 Å². The fraction of sp³-hybridized carbons (Fsp3) is 1.00. The van der Waals surface area contributed by atoms with E-state index in [-0.39, 0.29) is 0 Å². The van der Waals surface area contributed by atoms with Crippen LogP contribution in [-0.4, -0.2) is 37.1 Å². The fourth-order valence-electron chi connectivity index (χ4n) is 1.48. The minimum atomic E-state index is 0.691. The molecule has 0 saturated carbocycles. The summed E-state index contributed by atoms with van der Waals surface area (Å²) in [6.45, 7) is 9.16. The topological polar surface area (TPSA) is 15.3 Å². The second-order valence-corrected chi connectivity index (χ2v) is 4.05. The second-order valence-electron chi connectivity index (χ2n) is 4.05. The smallest absolute Gasteiger partial charge is 0.0218 e. The highest BCUT2D eigenvalue weighted by atomic mass is 15.2. The van der Waals surface area contributed by atoms with E-state index in [1.807, 2.05) is 0 Å². The van der Waals surface area contributed by atoms with Crippen LogP contribution in [0.2, 0.25) is 0 Å². The van der Waals surface area contributed by atoms with Crippen LogP contribution in [0.3, 0.4) is 0 Å². The number of piperazine rings is 1. The van der Waals surface area contributed by atoms with E-state index in [9.17, 15) is 0 Å². The van der Waals surface area contributed by atoms with Gasteiger partial charge >= 0.3 is 0 Å². The maximum Gasteiger partial charge on any atom is 0.0218 e. The van der Waals surface area contributed by atoms with Gasteiger partial charge < -0.3 is 10.2 Å². The van der Waals surface area contributed by atoms with Gasteiger partial charge in [-0.2, -0.15) is 0 Å². The molecule has 1 heterocycles. The molecule has 2 atom stereocenters. The van der Waals surface area contributed by atoms with Gasteiger partial charge in [0.25, 0.3) is 0 Å². The molecule has 0 amide bonds. The van der Waals surface area contributed by atoms with Crippen molar-refractivity contribution in [2.45, 2.75) is 32.9 Å². The van der Waals surface area contributed by atoms with E-state index in [2.05, 4.69) is 38.0 Å². The molecule has 1 rings (SSSR count). The predicted octanol–water partition coefficient (Wildman–Crippen LogP) is 0.935. The summed E-state index contributed by atoms with van der Waals surface area (Å²) in [5.41, 5.74) is 0. The highest BCUT2D eigenvalue weighted by Gasteiger charge is 2.23. The van der Waals surface area contributed by atoms with E-state index in [1.165, 1.54) is 6.54 Å². The van der Waals surface area contributed by atoms with Crippen molar-refractivity contribution in [1.82, 2.24) is 10.2 Å². The molecule has 66 valence electrons. The van der Waals surface area contributed by atoms with Crippen molar-refractivity contribution >= 4 is 0 Å². The van der Waals surface area contributed by atoms with Crippen LogP contribution in [0.1, 0.15) is 20.8 Å². The minimum Gasteiger partial charge on any atom is -0.311 e. The van der Waals surface area contributed by atoms with E-state index in [4.69, 9.17) is 0 Å². The van der Waals surface area contributed by atoms with Gasteiger partial charge in [-0.05, 0) is 19.9 Å². The van der Waals surface area contributed by atoms with Gasteiger partial charge in [0.15, 0.2) is 0 Å². The number of nitrogens with one attached hydrogen (secondary N) is 1. The first-order chi connectivity index (χ1) is 5.11. The summed E-state index contributed by atoms with van der Waals surface area (Å²) in [6, 6.07) is 1.39. The number of likely N-dealkylation sites (N-methyl/N-ethyl adjacent to an activating group) is 1. The minimum absolute atomic E-state index is 0.691. The van der Waals surface area contributed by atoms with Gasteiger partial charge in [-0.1, -0.05) is 13.8 Å². The van der Waals surface area contributed by atoms with Crippen LogP contribution in [0, 0.1) is 5.92 Å². The van der Waals surface area contributed by atoms with Crippen molar-refractivity contribution in [2.75, 3.05) is 20.1 Å². The summed E-state index contributed by atoms with van der Waals surface area (Å²) in [6.07, 6.45) is 0. The van der Waals surface area contributed by atoms with Crippen LogP contribution in [0.15, 0.2) is 0 Å². The molecule has 0 unspecified atom stereocenters. The Morgan fingerprint density at radius 2 is 2.09 bits per heavy atom. The Bertz CT molecular complexity index is 123. The van der Waals surface area contributed by atoms with E-state index in [0.29, 0.717) is 12.1 Å². The first kappa shape index (κ1) is 9.01. The van der Waals surface area contributed by atoms with E-state index < -0.39 is 0 Å². The molecule has 2 nitrogen and oxygen atoms in total. The summed E-state index contributed by atoms with van der Waals surface area (Å²) >= 11 is 0. The summed E-state index contributed by atoms with van der Waals surface area (Å²) in [4.78, 5) is 2.43. The van der Waals surface area contributed by atoms with Gasteiger partial charge in [-0.25, -0.2) is 0 Å². The Hall–Kier alpha value is -0.0800. The van der Waals surface area contributed by atoms with Crippen molar-refractivity contribution in [3.8, 4) is 0 Å². The lowest BCUT2D eigenvalue weighted by Gasteiger charge is -2.38. The van der Waals surface area contributed by atoms with Crippen molar-refractivity contribution in [1.29, 1.82) is 0 Å². The van der Waals surface area contributed by atoms with Gasteiger partial charge in [-0.3, -0.25) is 0 Å². The van der Waals surface area contributed by atoms with Gasteiger partial charge in [0.2, 0.25) is 0 Å². The first-order valence-corrected chi connectivity index (χ1v) is 4.55. The summed E-state index contributed by atoms with van der Waals surface area (Å²) in [7, 11) is 2.21. The maximum absolute atomic E-state index is 3.56. The van der Waals surface area contributed by atoms with Crippen LogP contribution < -0.4 is 5.32 Å². The quantitative estimate of drug-likeness (QED) is 0.607. The number of hydrogen-bond acceptors (Lipinski definition) is 2. The zero-order valence-electron chi connectivity index (χ0n) is 8.09. The SMILES string of the molecule is CC(C)[C@@H]1CN(C)[C@H](C)CN1. The lowest BCUT2D eigenvalue weighted by molar-refractivity contribution is 0.153. The first-order valence-electron chi connectivity index (χ1n) is 4.55. The molecule has 0 radical (unpaired) electrons. The highest BCUT2D eigenvalue weighted by Crippen LogP contribution is 2.09. The van der Waals surface area contributed by atoms with Crippen LogP contribution in [0.4, 0.5) is 0 Å². The molecule has 1 fully saturated rings. The van der Waals surface area contributed by atoms with Gasteiger partial charge in [-0.15, -0.1) is 0 Å². The molecule has 11 heavy (non-hydrogen) atoms. The largest absolute Gasteiger partial charge is 0.311 e. The predicted molar refractivity (Wildman–Crippen MR) is 48.7 cm³/mol. The van der Waals surface area contributed by atoms with Crippen LogP contribution in [0.25, 0.3) is 0 Å². The second kappa shape index (κ2) is 3.55. The third-order valence-corrected chi connectivity index (χ3v) is 2.72. The van der Waals surface area contributed by atoms with Crippen LogP contribution in [0.5, 0.6) is 0 Å². The molecule has 0 spiro atoms. The van der Waals surface area contributed by atoms with Crippen molar-refractivity contribution in [3.05, 3.63) is 0 Å². The summed E-state index contributed by atoms with van der Waals surface area (Å²) in [5, 5.41) is 3.56. The van der Waals surface area contributed by atoms with Crippen LogP contribution >= 0.6 is 0 Å². The molecular weight excluding hydrogens is 136 g/mol. The average molecular weight is 156 g/mol. The fourth-order valence-corrected chi connectivity index (χ4v) is 1.48. The Balaban J connectivity index is 2.40. The molecular formula is C9H20N2. The van der Waals surface area contributed by atoms with E-state index in [1.54, 1.807) is 0 Å². The zero-order valence-corrected chi connectivity index (χ0v) is 8.09. The molecule has 1 N–H and O–H groups in total. The van der Waals surface area contributed by atoms with Gasteiger partial charge in [0, 0.05) is 25.2 Å². The van der Waals surface area contributed by atoms with Crippen molar-refractivity contribution in [3.63, 3.8) is 0 Å². The van der Waals surface area contributed by atoms with E-state index >= 15 is 0 Å². The molecule has 1 aliphatic rings. The Morgan fingerprint density at radius 1 is 1.45 bits per heavy atom. The molecule has 2 heteroatoms. The van der Waals surface area contributed by atoms with Crippen molar-refractivity contribution < 1.29 is 0 Å². The molecule has 0 aromatic heterocycles. The summed E-state index contributed by atoms with van der Waals surface area (Å²) in [5.74, 6) is 0.755. The van der Waals surface area contributed by atoms with Crippen molar-refractivity contribution in [2.24, 2.45) is 5.92 Å². The zero-order chi connectivity index (χ0) is 8.43. The Morgan fingerprint density at radius 3 is 2.55 bits per heavy atom. The third kappa shape index (κ3) is 2.17. The highest BCUT2D eigenvalue weighted by molar-refractivity contribution is 4.83. The molecule has 0 aromatic carbocycles. The number of nitrogens with zero attached hydrogens (tertiary/aromatic N) is 1. The third-order valence-electron chi connectivity index (χ3n) is 2.72. The summed E-state index contributed by atoms with van der Waals surface area (Å²) < 4.78 is 0. The molecule has 0 aliphatic carbocycles. The lowest BCUT2D eigenvalue weighted by atomic mass is 10.0. The monoisotopic (exact) mass is 156 g/mol. The lowest BCUT2D eigenvalue weighted by Crippen LogP contribution is -2.55. The normalized spacial score (nSPS) is 34.6. The molecule has 0 aromatic rings. The number of hydrogen-bond donors (Lipinski definition) is 1. The molecule has 1 saturated heterocycles. The number of rotatable bonds is 1. The molecule has 0 bridgehead atoms. The molecule has 1 aliphatic heterocycles. The standard InChI is InChI=1S/C9H20N2/c1-7(2)9-6-11(4)8(3)5-10-9/h7-10H,5-6H2,1-4H3/t8-,9+/m1/s1. The Kier molecular flexibility index (Phi) is 2.90. The van der Waals surface area contributed by atoms with Gasteiger partial charge in [0.1, 0.15) is 0 Å². The average Bonchev–Trinajstić information content (AvgIpc) is 1.94. The maximum atomic E-state index is 3.56. The van der Waals surface area contributed by atoms with Crippen LogP contribution in [-0.2, 0) is 0 Å².